The first-order valence-electron chi connectivity index (χ1n) is 15.7. The van der Waals surface area contributed by atoms with Crippen molar-refractivity contribution in [3.05, 3.63) is 155 Å². The summed E-state index contributed by atoms with van der Waals surface area (Å²) in [5.74, 6) is -0.715. The molecule has 1 fully saturated rings. The molecule has 4 aromatic carbocycles. The van der Waals surface area contributed by atoms with E-state index in [-0.39, 0.29) is 36.2 Å². The second kappa shape index (κ2) is 15.4. The first kappa shape index (κ1) is 33.1. The third-order valence-corrected chi connectivity index (χ3v) is 9.54. The molecule has 0 radical (unpaired) electrons. The number of aromatic carboxylic acids is 1. The zero-order chi connectivity index (χ0) is 33.5. The van der Waals surface area contributed by atoms with Gasteiger partial charge in [0.2, 0.25) is 0 Å². The summed E-state index contributed by atoms with van der Waals surface area (Å²) in [4.78, 5) is 28.6. The highest BCUT2D eigenvalue weighted by atomic mass is 32.2. The van der Waals surface area contributed by atoms with Gasteiger partial charge < -0.3 is 25.0 Å². The van der Waals surface area contributed by atoms with Gasteiger partial charge in [-0.25, -0.2) is 9.78 Å². The summed E-state index contributed by atoms with van der Waals surface area (Å²) in [6, 6.07) is 36.2. The van der Waals surface area contributed by atoms with Crippen LogP contribution in [0.15, 0.2) is 126 Å². The van der Waals surface area contributed by atoms with E-state index in [9.17, 15) is 19.8 Å². The van der Waals surface area contributed by atoms with Crippen molar-refractivity contribution in [1.29, 1.82) is 0 Å². The highest BCUT2D eigenvalue weighted by Gasteiger charge is 2.38. The largest absolute Gasteiger partial charge is 0.478 e. The van der Waals surface area contributed by atoms with Gasteiger partial charge in [0.15, 0.2) is 6.29 Å². The maximum absolute atomic E-state index is 12.5. The molecule has 4 atom stereocenters. The summed E-state index contributed by atoms with van der Waals surface area (Å²) in [5, 5.41) is 22.6. The molecule has 1 aromatic heterocycles. The summed E-state index contributed by atoms with van der Waals surface area (Å²) in [5.41, 5.74) is 6.45. The van der Waals surface area contributed by atoms with Crippen molar-refractivity contribution in [2.45, 2.75) is 43.6 Å². The highest BCUT2D eigenvalue weighted by Crippen LogP contribution is 2.43. The molecule has 0 unspecified atom stereocenters. The quantitative estimate of drug-likeness (QED) is 0.125. The second-order valence-corrected chi connectivity index (χ2v) is 12.7. The predicted octanol–water partition coefficient (Wildman–Crippen LogP) is 7.45. The summed E-state index contributed by atoms with van der Waals surface area (Å²) < 4.78 is 13.2. The molecule has 8 nitrogen and oxygen atoms in total. The minimum atomic E-state index is -1.02. The number of nitrogens with zero attached hydrogens (tertiary/aromatic N) is 1. The van der Waals surface area contributed by atoms with Gasteiger partial charge in [0.1, 0.15) is 5.03 Å². The van der Waals surface area contributed by atoms with Crippen molar-refractivity contribution in [2.75, 3.05) is 5.75 Å². The van der Waals surface area contributed by atoms with Crippen molar-refractivity contribution in [3.63, 3.8) is 0 Å². The van der Waals surface area contributed by atoms with Crippen molar-refractivity contribution < 1.29 is 29.3 Å². The van der Waals surface area contributed by atoms with Gasteiger partial charge >= 0.3 is 5.97 Å². The summed E-state index contributed by atoms with van der Waals surface area (Å²) in [6.45, 7) is 2.44. The molecular weight excluding hydrogens is 625 g/mol. The van der Waals surface area contributed by atoms with E-state index in [2.05, 4.69) is 23.3 Å². The Hall–Kier alpha value is -4.80. The molecule has 1 aliphatic rings. The first-order valence-corrected chi connectivity index (χ1v) is 16.7. The van der Waals surface area contributed by atoms with Crippen molar-refractivity contribution in [3.8, 4) is 11.1 Å². The van der Waals surface area contributed by atoms with Crippen LogP contribution in [0.25, 0.3) is 11.1 Å². The number of thioether (sulfide) groups is 1. The van der Waals surface area contributed by atoms with Gasteiger partial charge in [-0.15, -0.1) is 11.8 Å². The Kier molecular flexibility index (Phi) is 10.6. The predicted molar refractivity (Wildman–Crippen MR) is 184 cm³/mol. The van der Waals surface area contributed by atoms with E-state index < -0.39 is 12.3 Å². The Morgan fingerprint density at radius 1 is 0.812 bits per heavy atom. The third-order valence-electron chi connectivity index (χ3n) is 8.44. The molecule has 0 spiro atoms. The van der Waals surface area contributed by atoms with Crippen molar-refractivity contribution >= 4 is 23.6 Å². The van der Waals surface area contributed by atoms with E-state index in [0.29, 0.717) is 22.9 Å². The van der Waals surface area contributed by atoms with Crippen LogP contribution >= 0.6 is 11.8 Å². The Bertz CT molecular complexity index is 1850. The maximum atomic E-state index is 12.5. The van der Waals surface area contributed by atoms with E-state index in [0.717, 1.165) is 33.4 Å². The number of aromatic nitrogens is 1. The summed E-state index contributed by atoms with van der Waals surface area (Å²) in [6.07, 6.45) is 0.357. The Morgan fingerprint density at radius 3 is 2.29 bits per heavy atom. The lowest BCUT2D eigenvalue weighted by Gasteiger charge is -2.41. The number of carbonyl (C=O) groups excluding carboxylic acids is 1. The first-order chi connectivity index (χ1) is 23.4. The number of ether oxygens (including phenoxy) is 2. The molecule has 0 bridgehead atoms. The fraction of sp³-hybridized carbons (Fsp3) is 0.205. The molecule has 0 aliphatic carbocycles. The van der Waals surface area contributed by atoms with Gasteiger partial charge in [0.05, 0.1) is 24.4 Å². The zero-order valence-corrected chi connectivity index (χ0v) is 27.2. The van der Waals surface area contributed by atoms with Crippen LogP contribution in [0.5, 0.6) is 0 Å². The maximum Gasteiger partial charge on any atom is 0.338 e. The highest BCUT2D eigenvalue weighted by molar-refractivity contribution is 7.99. The Balaban J connectivity index is 1.19. The average molecular weight is 661 g/mol. The van der Waals surface area contributed by atoms with E-state index in [1.54, 1.807) is 30.5 Å². The number of carboxylic acid groups (broad SMARTS) is 1. The van der Waals surface area contributed by atoms with Crippen LogP contribution in [0.1, 0.15) is 62.3 Å². The van der Waals surface area contributed by atoms with Crippen LogP contribution in [-0.4, -0.2) is 38.9 Å². The monoisotopic (exact) mass is 660 g/mol. The third kappa shape index (κ3) is 7.83. The standard InChI is InChI=1S/C39H36N2O6S/c1-25-34(24-48-37-33(38(44)45)11-6-20-40-37)46-39(47-35(25)29-14-12-26(23-42)13-15-29)31-18-16-28(17-19-31)32-10-5-7-27(21-32)22-41-36(43)30-8-3-2-4-9-30/h2-21,25,34-35,39,42H,22-24H2,1H3,(H,41,43)(H,44,45)/t25-,34+,35+,39+/m1/s1. The van der Waals surface area contributed by atoms with Crippen LogP contribution < -0.4 is 5.32 Å². The number of nitrogens with one attached hydrogen (secondary N) is 1. The number of rotatable bonds is 11. The van der Waals surface area contributed by atoms with Crippen molar-refractivity contribution in [2.24, 2.45) is 5.92 Å². The number of benzene rings is 4. The number of carboxylic acids is 1. The number of aliphatic hydroxyl groups is 1. The number of hydrogen-bond donors (Lipinski definition) is 3. The lowest BCUT2D eigenvalue weighted by Crippen LogP contribution is -2.38. The molecular formula is C39H36N2O6S. The van der Waals surface area contributed by atoms with Crippen LogP contribution in [0.3, 0.4) is 0 Å². The molecule has 1 amide bonds. The molecule has 48 heavy (non-hydrogen) atoms. The number of hydrogen-bond acceptors (Lipinski definition) is 7. The number of amides is 1. The topological polar surface area (TPSA) is 118 Å². The van der Waals surface area contributed by atoms with Crippen LogP contribution in [0, 0.1) is 5.92 Å². The smallest absolute Gasteiger partial charge is 0.338 e. The Morgan fingerprint density at radius 2 is 1.56 bits per heavy atom. The fourth-order valence-electron chi connectivity index (χ4n) is 5.71. The molecule has 1 aliphatic heterocycles. The molecule has 6 rings (SSSR count). The van der Waals surface area contributed by atoms with Gasteiger partial charge in [0, 0.05) is 35.5 Å². The number of aliphatic hydroxyl groups excluding tert-OH is 1. The van der Waals surface area contributed by atoms with E-state index in [1.165, 1.54) is 11.8 Å². The van der Waals surface area contributed by atoms with Crippen molar-refractivity contribution in [1.82, 2.24) is 10.3 Å². The van der Waals surface area contributed by atoms with Gasteiger partial charge in [-0.3, -0.25) is 4.79 Å². The lowest BCUT2D eigenvalue weighted by molar-refractivity contribution is -0.268. The zero-order valence-electron chi connectivity index (χ0n) is 26.4. The van der Waals surface area contributed by atoms with Gasteiger partial charge in [0.25, 0.3) is 5.91 Å². The molecule has 5 aromatic rings. The second-order valence-electron chi connectivity index (χ2n) is 11.7. The SMILES string of the molecule is C[C@@H]1[C@H](CSc2ncccc2C(=O)O)O[C@H](c2ccc(-c3cccc(CNC(=O)c4ccccc4)c3)cc2)O[C@@H]1c1ccc(CO)cc1. The Labute approximate surface area is 283 Å². The molecule has 9 heteroatoms. The minimum Gasteiger partial charge on any atom is -0.478 e. The minimum absolute atomic E-state index is 0.0417. The van der Waals surface area contributed by atoms with E-state index in [4.69, 9.17) is 9.47 Å². The van der Waals surface area contributed by atoms with Gasteiger partial charge in [-0.05, 0) is 58.1 Å². The lowest BCUT2D eigenvalue weighted by atomic mass is 9.91. The average Bonchev–Trinajstić information content (AvgIpc) is 3.14. The molecule has 244 valence electrons. The molecule has 3 N–H and O–H groups in total. The normalized spacial score (nSPS) is 19.0. The number of pyridine rings is 1. The van der Waals surface area contributed by atoms with Crippen LogP contribution in [0.2, 0.25) is 0 Å². The number of carbonyl (C=O) groups is 2. The van der Waals surface area contributed by atoms with E-state index in [1.807, 2.05) is 84.9 Å². The summed E-state index contributed by atoms with van der Waals surface area (Å²) >= 11 is 1.36. The molecule has 1 saturated heterocycles. The van der Waals surface area contributed by atoms with Crippen LogP contribution in [-0.2, 0) is 22.6 Å². The molecule has 0 saturated carbocycles. The molecule has 2 heterocycles. The van der Waals surface area contributed by atoms with Gasteiger partial charge in [-0.1, -0.05) is 91.9 Å². The van der Waals surface area contributed by atoms with Gasteiger partial charge in [-0.2, -0.15) is 0 Å². The summed E-state index contributed by atoms with van der Waals surface area (Å²) in [7, 11) is 0. The van der Waals surface area contributed by atoms with E-state index >= 15 is 0 Å². The van der Waals surface area contributed by atoms with Crippen LogP contribution in [0.4, 0.5) is 0 Å². The fourth-order valence-corrected chi connectivity index (χ4v) is 6.86.